The van der Waals surface area contributed by atoms with Gasteiger partial charge in [-0.15, -0.1) is 0 Å². The number of nitrogens with zero attached hydrogens (tertiary/aromatic N) is 2. The second-order valence-electron chi connectivity index (χ2n) is 7.29. The van der Waals surface area contributed by atoms with Crippen LogP contribution in [0.1, 0.15) is 36.4 Å². The van der Waals surface area contributed by atoms with Gasteiger partial charge in [-0.25, -0.2) is 0 Å². The fourth-order valence-corrected chi connectivity index (χ4v) is 4.99. The van der Waals surface area contributed by atoms with Crippen molar-refractivity contribution in [2.24, 2.45) is 0 Å². The van der Waals surface area contributed by atoms with Crippen LogP contribution in [0.3, 0.4) is 0 Å². The fourth-order valence-electron chi connectivity index (χ4n) is 4.54. The van der Waals surface area contributed by atoms with Gasteiger partial charge in [0.25, 0.3) is 0 Å². The Morgan fingerprint density at radius 2 is 1.71 bits per heavy atom. The number of halogens is 4. The summed E-state index contributed by atoms with van der Waals surface area (Å²) in [5.41, 5.74) is 6.62. The standard InChI is InChI=1S/C21H19BBr2F2N2/c1-12-10-13(2)27-20(12)19(16-8-6-5-7-9-16)21-14(3)17(11-18(23)24)15(4)28(21)22(27,25)26/h5-11H,1-4H3. The van der Waals surface area contributed by atoms with Crippen LogP contribution in [0.5, 0.6) is 0 Å². The molecule has 7 heteroatoms. The van der Waals surface area contributed by atoms with E-state index in [0.29, 0.717) is 22.8 Å². The average molecular weight is 508 g/mol. The topological polar surface area (TPSA) is 7.94 Å². The van der Waals surface area contributed by atoms with Crippen molar-refractivity contribution in [1.82, 2.24) is 4.48 Å². The first-order chi connectivity index (χ1) is 13.2. The first-order valence-electron chi connectivity index (χ1n) is 9.04. The maximum atomic E-state index is 15.9. The lowest BCUT2D eigenvalue weighted by atomic mass is 9.84. The smallest absolute Gasteiger partial charge is 0.393 e. The van der Waals surface area contributed by atoms with E-state index < -0.39 is 6.97 Å². The summed E-state index contributed by atoms with van der Waals surface area (Å²) in [6.07, 6.45) is 1.85. The van der Waals surface area contributed by atoms with E-state index in [1.165, 1.54) is 8.96 Å². The van der Waals surface area contributed by atoms with Crippen molar-refractivity contribution in [2.75, 3.05) is 0 Å². The zero-order chi connectivity index (χ0) is 20.4. The summed E-state index contributed by atoms with van der Waals surface area (Å²) in [6.45, 7) is 3.34. The molecule has 0 atom stereocenters. The summed E-state index contributed by atoms with van der Waals surface area (Å²) in [7, 11) is 0. The highest BCUT2D eigenvalue weighted by Gasteiger charge is 2.56. The van der Waals surface area contributed by atoms with Gasteiger partial charge in [0.2, 0.25) is 0 Å². The van der Waals surface area contributed by atoms with Gasteiger partial charge < -0.3 is 17.6 Å². The van der Waals surface area contributed by atoms with E-state index in [0.717, 1.165) is 31.2 Å². The molecule has 0 fully saturated rings. The second kappa shape index (κ2) is 6.66. The highest BCUT2D eigenvalue weighted by atomic mass is 79.9. The van der Waals surface area contributed by atoms with Gasteiger partial charge in [0.1, 0.15) is 5.71 Å². The van der Waals surface area contributed by atoms with Crippen molar-refractivity contribution in [2.45, 2.75) is 27.7 Å². The van der Waals surface area contributed by atoms with Gasteiger partial charge in [-0.1, -0.05) is 30.3 Å². The number of rotatable bonds is 2. The molecule has 4 rings (SSSR count). The number of aryl methyl sites for hydroxylation is 2. The van der Waals surface area contributed by atoms with Crippen molar-refractivity contribution in [3.63, 3.8) is 0 Å². The molecule has 0 spiro atoms. The molecule has 2 aliphatic heterocycles. The van der Waals surface area contributed by atoms with Gasteiger partial charge in [0, 0.05) is 23.8 Å². The summed E-state index contributed by atoms with van der Waals surface area (Å²) in [5, 5.41) is 0. The molecule has 3 heterocycles. The Hall–Kier alpha value is -1.73. The van der Waals surface area contributed by atoms with Crippen LogP contribution in [0.2, 0.25) is 0 Å². The first kappa shape index (κ1) is 19.6. The Labute approximate surface area is 180 Å². The zero-order valence-corrected chi connectivity index (χ0v) is 19.2. The third-order valence-corrected chi connectivity index (χ3v) is 6.04. The minimum atomic E-state index is -4.00. The van der Waals surface area contributed by atoms with Crippen LogP contribution >= 0.6 is 31.9 Å². The second-order valence-corrected chi connectivity index (χ2v) is 10.1. The molecule has 0 N–H and O–H groups in total. The van der Waals surface area contributed by atoms with Crippen LogP contribution in [0.15, 0.2) is 62.7 Å². The van der Waals surface area contributed by atoms with Crippen molar-refractivity contribution in [3.8, 4) is 0 Å². The molecular weight excluding hydrogens is 489 g/mol. The van der Waals surface area contributed by atoms with Crippen molar-refractivity contribution >= 4 is 50.1 Å². The van der Waals surface area contributed by atoms with Crippen LogP contribution in [0.25, 0.3) is 5.57 Å². The molecule has 2 nitrogen and oxygen atoms in total. The van der Waals surface area contributed by atoms with Crippen LogP contribution in [-0.4, -0.2) is 21.6 Å². The average Bonchev–Trinajstić information content (AvgIpc) is 3.05. The Morgan fingerprint density at radius 3 is 2.32 bits per heavy atom. The molecule has 0 saturated heterocycles. The van der Waals surface area contributed by atoms with Gasteiger partial charge in [0.05, 0.1) is 8.96 Å². The van der Waals surface area contributed by atoms with Gasteiger partial charge in [-0.05, 0) is 81.6 Å². The SMILES string of the molecule is CC1=C(C=C(Br)Br)C(C)=[N+]2C1=C(c1ccccc1)c1c(C)cc(C)n1[B-]2(F)F. The summed E-state index contributed by atoms with van der Waals surface area (Å²) in [5.74, 6) is 0. The third-order valence-electron chi connectivity index (χ3n) is 5.58. The van der Waals surface area contributed by atoms with E-state index >= 15 is 8.63 Å². The Bertz CT molecular complexity index is 1130. The Balaban J connectivity index is 2.21. The fraction of sp³-hybridized carbons (Fsp3) is 0.190. The highest BCUT2D eigenvalue weighted by Crippen LogP contribution is 2.45. The predicted octanol–water partition coefficient (Wildman–Crippen LogP) is 6.54. The van der Waals surface area contributed by atoms with E-state index in [2.05, 4.69) is 31.9 Å². The van der Waals surface area contributed by atoms with Gasteiger partial charge in [-0.3, -0.25) is 0 Å². The molecule has 0 amide bonds. The lowest BCUT2D eigenvalue weighted by molar-refractivity contribution is -0.363. The van der Waals surface area contributed by atoms with E-state index in [-0.39, 0.29) is 0 Å². The summed E-state index contributed by atoms with van der Waals surface area (Å²) in [6, 6.07) is 11.7. The zero-order valence-electron chi connectivity index (χ0n) is 16.0. The normalized spacial score (nSPS) is 17.9. The molecule has 2 aromatic rings. The monoisotopic (exact) mass is 506 g/mol. The molecule has 2 aliphatic rings. The molecule has 28 heavy (non-hydrogen) atoms. The number of benzene rings is 1. The van der Waals surface area contributed by atoms with Gasteiger partial charge in [-0.2, -0.15) is 0 Å². The molecule has 0 bridgehead atoms. The number of aromatic nitrogens is 1. The largest absolute Gasteiger partial charge is 0.737 e. The molecule has 1 aromatic carbocycles. The third kappa shape index (κ3) is 2.66. The number of hydrogen-bond acceptors (Lipinski definition) is 0. The van der Waals surface area contributed by atoms with Crippen molar-refractivity contribution in [3.05, 3.63) is 85.2 Å². The van der Waals surface area contributed by atoms with E-state index in [1.807, 2.05) is 56.3 Å². The minimum absolute atomic E-state index is 0.554. The molecule has 0 unspecified atom stereocenters. The van der Waals surface area contributed by atoms with Crippen LogP contribution in [-0.2, 0) is 0 Å². The van der Waals surface area contributed by atoms with E-state index in [1.54, 1.807) is 13.8 Å². The van der Waals surface area contributed by atoms with Crippen LogP contribution in [0.4, 0.5) is 8.63 Å². The van der Waals surface area contributed by atoms with Crippen molar-refractivity contribution < 1.29 is 13.1 Å². The van der Waals surface area contributed by atoms with Gasteiger partial charge in [0.15, 0.2) is 5.70 Å². The lowest BCUT2D eigenvalue weighted by Gasteiger charge is -2.34. The molecular formula is C21H19BBr2F2N2. The quantitative estimate of drug-likeness (QED) is 0.408. The van der Waals surface area contributed by atoms with Gasteiger partial charge >= 0.3 is 6.97 Å². The molecule has 144 valence electrons. The molecule has 0 radical (unpaired) electrons. The minimum Gasteiger partial charge on any atom is -0.393 e. The Kier molecular flexibility index (Phi) is 4.66. The van der Waals surface area contributed by atoms with Crippen LogP contribution in [0, 0.1) is 13.8 Å². The molecule has 0 saturated carbocycles. The lowest BCUT2D eigenvalue weighted by Crippen LogP contribution is -2.51. The molecule has 1 aromatic heterocycles. The molecule has 0 aliphatic carbocycles. The maximum Gasteiger partial charge on any atom is 0.737 e. The summed E-state index contributed by atoms with van der Waals surface area (Å²) in [4.78, 5) is 0. The van der Waals surface area contributed by atoms with E-state index in [4.69, 9.17) is 0 Å². The number of allylic oxidation sites excluding steroid dienone is 3. The predicted molar refractivity (Wildman–Crippen MR) is 119 cm³/mol. The maximum absolute atomic E-state index is 15.9. The van der Waals surface area contributed by atoms with E-state index in [9.17, 15) is 0 Å². The number of fused-ring (bicyclic) bond motifs is 2. The summed E-state index contributed by atoms with van der Waals surface area (Å²) >= 11 is 6.76. The highest BCUT2D eigenvalue weighted by molar-refractivity contribution is 9.28. The Morgan fingerprint density at radius 1 is 1.07 bits per heavy atom. The number of hydrogen-bond donors (Lipinski definition) is 0. The first-order valence-corrected chi connectivity index (χ1v) is 10.6. The van der Waals surface area contributed by atoms with Crippen LogP contribution < -0.4 is 0 Å². The van der Waals surface area contributed by atoms with Crippen molar-refractivity contribution in [1.29, 1.82) is 0 Å². The summed E-state index contributed by atoms with van der Waals surface area (Å²) < 4.78 is 34.9.